The maximum atomic E-state index is 12.4. The van der Waals surface area contributed by atoms with Crippen molar-refractivity contribution in [1.29, 1.82) is 0 Å². The van der Waals surface area contributed by atoms with Crippen molar-refractivity contribution in [3.05, 3.63) is 0 Å². The molecule has 0 spiro atoms. The van der Waals surface area contributed by atoms with E-state index in [0.29, 0.717) is 25.7 Å². The van der Waals surface area contributed by atoms with Gasteiger partial charge in [-0.2, -0.15) is 0 Å². The van der Waals surface area contributed by atoms with Gasteiger partial charge in [-0.15, -0.1) is 0 Å². The molecule has 22 heavy (non-hydrogen) atoms. The smallest absolute Gasteiger partial charge is 0.306 e. The molecule has 2 N–H and O–H groups in total. The van der Waals surface area contributed by atoms with Crippen LogP contribution in [-0.2, 0) is 14.3 Å². The van der Waals surface area contributed by atoms with Crippen molar-refractivity contribution in [3.63, 3.8) is 0 Å². The van der Waals surface area contributed by atoms with Crippen LogP contribution in [0.15, 0.2) is 0 Å². The van der Waals surface area contributed by atoms with Crippen LogP contribution >= 0.6 is 0 Å². The SMILES string of the molecule is COCCC1(CNC(=O)C2CCC(C(=O)O)CC2)CCCC1. The highest BCUT2D eigenvalue weighted by atomic mass is 16.5. The number of nitrogens with one attached hydrogen (secondary N) is 1. The molecule has 0 aromatic rings. The van der Waals surface area contributed by atoms with Crippen LogP contribution in [0, 0.1) is 17.3 Å². The van der Waals surface area contributed by atoms with Gasteiger partial charge in [0.1, 0.15) is 0 Å². The molecule has 0 radical (unpaired) electrons. The maximum absolute atomic E-state index is 12.4. The number of hydrogen-bond acceptors (Lipinski definition) is 3. The van der Waals surface area contributed by atoms with Gasteiger partial charge in [0.05, 0.1) is 5.92 Å². The van der Waals surface area contributed by atoms with E-state index in [4.69, 9.17) is 9.84 Å². The summed E-state index contributed by atoms with van der Waals surface area (Å²) in [7, 11) is 1.72. The van der Waals surface area contributed by atoms with Crippen LogP contribution in [0.3, 0.4) is 0 Å². The number of methoxy groups -OCH3 is 1. The Morgan fingerprint density at radius 1 is 1.14 bits per heavy atom. The maximum Gasteiger partial charge on any atom is 0.306 e. The Balaban J connectivity index is 1.78. The molecule has 0 atom stereocenters. The van der Waals surface area contributed by atoms with E-state index < -0.39 is 5.97 Å². The quantitative estimate of drug-likeness (QED) is 0.758. The first-order valence-corrected chi connectivity index (χ1v) is 8.56. The first kappa shape index (κ1) is 17.3. The number of carboxylic acid groups (broad SMARTS) is 1. The Morgan fingerprint density at radius 3 is 2.27 bits per heavy atom. The highest BCUT2D eigenvalue weighted by Crippen LogP contribution is 2.40. The molecule has 2 aliphatic rings. The van der Waals surface area contributed by atoms with Gasteiger partial charge in [-0.1, -0.05) is 12.8 Å². The molecule has 0 bridgehead atoms. The van der Waals surface area contributed by atoms with Crippen LogP contribution < -0.4 is 5.32 Å². The minimum Gasteiger partial charge on any atom is -0.481 e. The van der Waals surface area contributed by atoms with E-state index in [9.17, 15) is 9.59 Å². The number of carbonyl (C=O) groups is 2. The third kappa shape index (κ3) is 4.45. The van der Waals surface area contributed by atoms with Crippen molar-refractivity contribution < 1.29 is 19.4 Å². The van der Waals surface area contributed by atoms with Gasteiger partial charge in [0.15, 0.2) is 0 Å². The van der Waals surface area contributed by atoms with Gasteiger partial charge in [-0.3, -0.25) is 9.59 Å². The minimum atomic E-state index is -0.719. The van der Waals surface area contributed by atoms with Crippen molar-refractivity contribution in [2.45, 2.75) is 57.8 Å². The number of carboxylic acids is 1. The van der Waals surface area contributed by atoms with Crippen molar-refractivity contribution >= 4 is 11.9 Å². The van der Waals surface area contributed by atoms with Gasteiger partial charge in [0, 0.05) is 26.2 Å². The molecule has 0 aromatic carbocycles. The van der Waals surface area contributed by atoms with Gasteiger partial charge in [0.2, 0.25) is 5.91 Å². The van der Waals surface area contributed by atoms with Gasteiger partial charge in [-0.25, -0.2) is 0 Å². The molecule has 0 aliphatic heterocycles. The zero-order chi connectivity index (χ0) is 16.0. The largest absolute Gasteiger partial charge is 0.481 e. The lowest BCUT2D eigenvalue weighted by Crippen LogP contribution is -2.41. The summed E-state index contributed by atoms with van der Waals surface area (Å²) in [5.74, 6) is -0.862. The molecule has 1 amide bonds. The van der Waals surface area contributed by atoms with Crippen molar-refractivity contribution in [2.24, 2.45) is 17.3 Å². The van der Waals surface area contributed by atoms with Crippen molar-refractivity contribution in [3.8, 4) is 0 Å². The van der Waals surface area contributed by atoms with Gasteiger partial charge >= 0.3 is 5.97 Å². The van der Waals surface area contributed by atoms with E-state index in [1.54, 1.807) is 7.11 Å². The predicted octanol–water partition coefficient (Wildman–Crippen LogP) is 2.59. The Morgan fingerprint density at radius 2 is 1.73 bits per heavy atom. The lowest BCUT2D eigenvalue weighted by atomic mass is 9.80. The van der Waals surface area contributed by atoms with E-state index in [0.717, 1.165) is 19.6 Å². The summed E-state index contributed by atoms with van der Waals surface area (Å²) < 4.78 is 5.22. The second-order valence-electron chi connectivity index (χ2n) is 7.05. The van der Waals surface area contributed by atoms with Gasteiger partial charge < -0.3 is 15.2 Å². The second kappa shape index (κ2) is 7.95. The van der Waals surface area contributed by atoms with E-state index in [1.807, 2.05) is 0 Å². The molecule has 0 saturated heterocycles. The summed E-state index contributed by atoms with van der Waals surface area (Å²) in [4.78, 5) is 23.3. The van der Waals surface area contributed by atoms with Gasteiger partial charge in [0.25, 0.3) is 0 Å². The summed E-state index contributed by atoms with van der Waals surface area (Å²) in [5, 5.41) is 12.2. The fraction of sp³-hybridized carbons (Fsp3) is 0.882. The monoisotopic (exact) mass is 311 g/mol. The van der Waals surface area contributed by atoms with Crippen molar-refractivity contribution in [2.75, 3.05) is 20.3 Å². The second-order valence-corrected chi connectivity index (χ2v) is 7.05. The molecule has 5 heteroatoms. The Bertz CT molecular complexity index is 382. The summed E-state index contributed by atoms with van der Waals surface area (Å²) in [6.07, 6.45) is 8.49. The highest BCUT2D eigenvalue weighted by molar-refractivity contribution is 5.79. The topological polar surface area (TPSA) is 75.6 Å². The normalized spacial score (nSPS) is 27.5. The molecule has 2 aliphatic carbocycles. The Kier molecular flexibility index (Phi) is 6.24. The summed E-state index contributed by atoms with van der Waals surface area (Å²) in [5.41, 5.74) is 0.212. The third-order valence-corrected chi connectivity index (χ3v) is 5.59. The average molecular weight is 311 g/mol. The van der Waals surface area contributed by atoms with Gasteiger partial charge in [-0.05, 0) is 50.4 Å². The van der Waals surface area contributed by atoms with Crippen LogP contribution in [0.5, 0.6) is 0 Å². The molecular formula is C17H29NO4. The van der Waals surface area contributed by atoms with E-state index >= 15 is 0 Å². The van der Waals surface area contributed by atoms with Crippen LogP contribution in [0.25, 0.3) is 0 Å². The molecule has 126 valence electrons. The summed E-state index contributed by atoms with van der Waals surface area (Å²) in [6, 6.07) is 0. The molecule has 2 saturated carbocycles. The first-order chi connectivity index (χ1) is 10.6. The fourth-order valence-corrected chi connectivity index (χ4v) is 3.98. The Hall–Kier alpha value is -1.10. The van der Waals surface area contributed by atoms with E-state index in [2.05, 4.69) is 5.32 Å². The van der Waals surface area contributed by atoms with Crippen LogP contribution in [0.2, 0.25) is 0 Å². The summed E-state index contributed by atoms with van der Waals surface area (Å²) in [6.45, 7) is 1.49. The molecular weight excluding hydrogens is 282 g/mol. The molecule has 0 unspecified atom stereocenters. The highest BCUT2D eigenvalue weighted by Gasteiger charge is 2.35. The zero-order valence-corrected chi connectivity index (χ0v) is 13.6. The number of amides is 1. The number of ether oxygens (including phenoxy) is 1. The van der Waals surface area contributed by atoms with E-state index in [1.165, 1.54) is 25.7 Å². The zero-order valence-electron chi connectivity index (χ0n) is 13.6. The summed E-state index contributed by atoms with van der Waals surface area (Å²) >= 11 is 0. The standard InChI is InChI=1S/C17H29NO4/c1-22-11-10-17(8-2-3-9-17)12-18-15(19)13-4-6-14(7-5-13)16(20)21/h13-14H,2-12H2,1H3,(H,18,19)(H,20,21). The third-order valence-electron chi connectivity index (χ3n) is 5.59. The Labute approximate surface area is 132 Å². The van der Waals surface area contributed by atoms with E-state index in [-0.39, 0.29) is 23.2 Å². The minimum absolute atomic E-state index is 0.00326. The predicted molar refractivity (Wildman–Crippen MR) is 83.5 cm³/mol. The number of aliphatic carboxylic acids is 1. The first-order valence-electron chi connectivity index (χ1n) is 8.56. The van der Waals surface area contributed by atoms with Crippen LogP contribution in [0.1, 0.15) is 57.8 Å². The fourth-order valence-electron chi connectivity index (χ4n) is 3.98. The molecule has 2 rings (SSSR count). The lowest BCUT2D eigenvalue weighted by molar-refractivity contribution is -0.144. The molecule has 2 fully saturated rings. The van der Waals surface area contributed by atoms with Crippen molar-refractivity contribution in [1.82, 2.24) is 5.32 Å². The van der Waals surface area contributed by atoms with Crippen LogP contribution in [-0.4, -0.2) is 37.2 Å². The average Bonchev–Trinajstić information content (AvgIpc) is 3.00. The number of rotatable bonds is 7. The molecule has 5 nitrogen and oxygen atoms in total. The number of carbonyl (C=O) groups excluding carboxylic acids is 1. The molecule has 0 heterocycles. The lowest BCUT2D eigenvalue weighted by Gasteiger charge is -2.31. The van der Waals surface area contributed by atoms with Crippen LogP contribution in [0.4, 0.5) is 0 Å². The molecule has 0 aromatic heterocycles. The number of hydrogen-bond donors (Lipinski definition) is 2.